The van der Waals surface area contributed by atoms with Crippen LogP contribution in [0, 0.1) is 0 Å². The van der Waals surface area contributed by atoms with Gasteiger partial charge in [-0.05, 0) is 43.5 Å². The second kappa shape index (κ2) is 8.06. The zero-order valence-electron chi connectivity index (χ0n) is 13.6. The molecule has 0 saturated heterocycles. The fraction of sp³-hybridized carbons (Fsp3) is 0.412. The summed E-state index contributed by atoms with van der Waals surface area (Å²) in [6.07, 6.45) is 2.85. The summed E-state index contributed by atoms with van der Waals surface area (Å²) >= 11 is 0. The van der Waals surface area contributed by atoms with E-state index < -0.39 is 6.61 Å². The topological polar surface area (TPSA) is 79.3 Å². The lowest BCUT2D eigenvalue weighted by Crippen LogP contribution is -2.09. The Morgan fingerprint density at radius 3 is 2.60 bits per heavy atom. The summed E-state index contributed by atoms with van der Waals surface area (Å²) in [7, 11) is 0. The standard InChI is InChI=1S/C17H20F2N4O2/c18-16(19)25-13-6-4-12(5-7-13)21-15-10-14(11-2-3-11)22-17(23-15)20-8-1-9-24/h4-7,10-11,16,24H,1-3,8-9H2,(H2,20,21,22,23). The first-order valence-corrected chi connectivity index (χ1v) is 8.19. The SMILES string of the molecule is OCCCNc1nc(Nc2ccc(OC(F)F)cc2)cc(C2CC2)n1. The molecule has 1 saturated carbocycles. The lowest BCUT2D eigenvalue weighted by molar-refractivity contribution is -0.0498. The minimum absolute atomic E-state index is 0.105. The van der Waals surface area contributed by atoms with Gasteiger partial charge in [0.15, 0.2) is 0 Å². The van der Waals surface area contributed by atoms with Crippen LogP contribution >= 0.6 is 0 Å². The Hall–Kier alpha value is -2.48. The van der Waals surface area contributed by atoms with Crippen LogP contribution < -0.4 is 15.4 Å². The molecule has 2 aromatic rings. The summed E-state index contributed by atoms with van der Waals surface area (Å²) in [5.74, 6) is 1.71. The fourth-order valence-electron chi connectivity index (χ4n) is 2.34. The van der Waals surface area contributed by atoms with E-state index in [9.17, 15) is 8.78 Å². The van der Waals surface area contributed by atoms with Crippen LogP contribution in [0.5, 0.6) is 5.75 Å². The highest BCUT2D eigenvalue weighted by Crippen LogP contribution is 2.40. The summed E-state index contributed by atoms with van der Waals surface area (Å²) in [6.45, 7) is -2.15. The number of hydrogen-bond acceptors (Lipinski definition) is 6. The van der Waals surface area contributed by atoms with E-state index in [2.05, 4.69) is 25.3 Å². The molecule has 3 N–H and O–H groups in total. The number of aliphatic hydroxyl groups is 1. The maximum Gasteiger partial charge on any atom is 0.387 e. The molecule has 0 aliphatic heterocycles. The van der Waals surface area contributed by atoms with Gasteiger partial charge in [-0.2, -0.15) is 13.8 Å². The van der Waals surface area contributed by atoms with Gasteiger partial charge in [0.2, 0.25) is 5.95 Å². The van der Waals surface area contributed by atoms with Gasteiger partial charge in [0.1, 0.15) is 11.6 Å². The summed E-state index contributed by atoms with van der Waals surface area (Å²) in [5.41, 5.74) is 1.69. The largest absolute Gasteiger partial charge is 0.435 e. The van der Waals surface area contributed by atoms with Gasteiger partial charge in [0.05, 0.1) is 5.69 Å². The van der Waals surface area contributed by atoms with E-state index in [0.29, 0.717) is 36.3 Å². The first-order chi connectivity index (χ1) is 12.1. The quantitative estimate of drug-likeness (QED) is 0.601. The number of ether oxygens (including phenoxy) is 1. The van der Waals surface area contributed by atoms with E-state index in [1.165, 1.54) is 12.1 Å². The van der Waals surface area contributed by atoms with Crippen molar-refractivity contribution in [2.45, 2.75) is 31.8 Å². The fourth-order valence-corrected chi connectivity index (χ4v) is 2.34. The van der Waals surface area contributed by atoms with Gasteiger partial charge < -0.3 is 20.5 Å². The van der Waals surface area contributed by atoms with Crippen molar-refractivity contribution in [2.24, 2.45) is 0 Å². The molecule has 6 nitrogen and oxygen atoms in total. The van der Waals surface area contributed by atoms with Gasteiger partial charge in [-0.25, -0.2) is 4.98 Å². The predicted octanol–water partition coefficient (Wildman–Crippen LogP) is 3.49. The molecule has 1 aliphatic carbocycles. The first-order valence-electron chi connectivity index (χ1n) is 8.19. The third kappa shape index (κ3) is 5.25. The van der Waals surface area contributed by atoms with Gasteiger partial charge in [-0.3, -0.25) is 0 Å². The molecular weight excluding hydrogens is 330 g/mol. The maximum atomic E-state index is 12.2. The Kier molecular flexibility index (Phi) is 5.60. The molecule has 134 valence electrons. The van der Waals surface area contributed by atoms with Crippen molar-refractivity contribution in [1.29, 1.82) is 0 Å². The number of anilines is 3. The van der Waals surface area contributed by atoms with Crippen LogP contribution in [0.15, 0.2) is 30.3 Å². The highest BCUT2D eigenvalue weighted by atomic mass is 19.3. The Morgan fingerprint density at radius 1 is 1.20 bits per heavy atom. The van der Waals surface area contributed by atoms with E-state index in [4.69, 9.17) is 5.11 Å². The Bertz CT molecular complexity index is 694. The molecule has 1 aliphatic rings. The molecule has 3 rings (SSSR count). The van der Waals surface area contributed by atoms with E-state index >= 15 is 0 Å². The Labute approximate surface area is 144 Å². The predicted molar refractivity (Wildman–Crippen MR) is 90.6 cm³/mol. The van der Waals surface area contributed by atoms with E-state index in [0.717, 1.165) is 18.5 Å². The number of nitrogens with one attached hydrogen (secondary N) is 2. The van der Waals surface area contributed by atoms with Crippen molar-refractivity contribution < 1.29 is 18.6 Å². The summed E-state index contributed by atoms with van der Waals surface area (Å²) in [6, 6.07) is 8.14. The zero-order chi connectivity index (χ0) is 17.6. The molecule has 8 heteroatoms. The third-order valence-electron chi connectivity index (χ3n) is 3.71. The molecule has 0 amide bonds. The summed E-state index contributed by atoms with van der Waals surface area (Å²) in [4.78, 5) is 8.92. The van der Waals surface area contributed by atoms with Gasteiger partial charge in [0.25, 0.3) is 0 Å². The van der Waals surface area contributed by atoms with E-state index in [1.807, 2.05) is 6.07 Å². The van der Waals surface area contributed by atoms with E-state index in [1.54, 1.807) is 12.1 Å². The Morgan fingerprint density at radius 2 is 1.96 bits per heavy atom. The minimum atomic E-state index is -2.84. The zero-order valence-corrected chi connectivity index (χ0v) is 13.6. The van der Waals surface area contributed by atoms with Crippen molar-refractivity contribution in [3.63, 3.8) is 0 Å². The Balaban J connectivity index is 1.71. The molecule has 25 heavy (non-hydrogen) atoms. The van der Waals surface area contributed by atoms with Crippen LogP contribution in [0.3, 0.4) is 0 Å². The molecule has 0 spiro atoms. The van der Waals surface area contributed by atoms with Crippen molar-refractivity contribution >= 4 is 17.5 Å². The van der Waals surface area contributed by atoms with Gasteiger partial charge in [-0.15, -0.1) is 0 Å². The third-order valence-corrected chi connectivity index (χ3v) is 3.71. The number of hydrogen-bond donors (Lipinski definition) is 3. The molecule has 0 bridgehead atoms. The minimum Gasteiger partial charge on any atom is -0.435 e. The van der Waals surface area contributed by atoms with Gasteiger partial charge in [-0.1, -0.05) is 0 Å². The summed E-state index contributed by atoms with van der Waals surface area (Å²) in [5, 5.41) is 15.1. The van der Waals surface area contributed by atoms with Crippen LogP contribution in [0.1, 0.15) is 30.9 Å². The van der Waals surface area contributed by atoms with Gasteiger partial charge in [0, 0.05) is 30.8 Å². The van der Waals surface area contributed by atoms with Crippen LogP contribution in [-0.4, -0.2) is 34.8 Å². The van der Waals surface area contributed by atoms with Gasteiger partial charge >= 0.3 is 6.61 Å². The molecule has 0 unspecified atom stereocenters. The second-order valence-corrected chi connectivity index (χ2v) is 5.81. The number of halogens is 2. The number of aliphatic hydroxyl groups excluding tert-OH is 1. The first kappa shape index (κ1) is 17.3. The average molecular weight is 350 g/mol. The number of aromatic nitrogens is 2. The second-order valence-electron chi connectivity index (χ2n) is 5.81. The maximum absolute atomic E-state index is 12.2. The lowest BCUT2D eigenvalue weighted by Gasteiger charge is -2.11. The van der Waals surface area contributed by atoms with Crippen LogP contribution in [0.4, 0.5) is 26.2 Å². The van der Waals surface area contributed by atoms with E-state index in [-0.39, 0.29) is 12.4 Å². The van der Waals surface area contributed by atoms with Crippen LogP contribution in [0.2, 0.25) is 0 Å². The molecule has 0 atom stereocenters. The van der Waals surface area contributed by atoms with Crippen molar-refractivity contribution in [2.75, 3.05) is 23.8 Å². The molecule has 1 fully saturated rings. The number of nitrogens with zero attached hydrogens (tertiary/aromatic N) is 2. The molecule has 1 aromatic heterocycles. The molecule has 1 heterocycles. The number of alkyl halides is 2. The number of rotatable bonds is 9. The van der Waals surface area contributed by atoms with Crippen molar-refractivity contribution in [3.8, 4) is 5.75 Å². The van der Waals surface area contributed by atoms with Crippen molar-refractivity contribution in [3.05, 3.63) is 36.0 Å². The smallest absolute Gasteiger partial charge is 0.387 e. The highest BCUT2D eigenvalue weighted by molar-refractivity contribution is 5.59. The monoisotopic (exact) mass is 350 g/mol. The number of benzene rings is 1. The normalized spacial score (nSPS) is 13.8. The van der Waals surface area contributed by atoms with Crippen LogP contribution in [-0.2, 0) is 0 Å². The molecule has 0 radical (unpaired) electrons. The van der Waals surface area contributed by atoms with Crippen LogP contribution in [0.25, 0.3) is 0 Å². The van der Waals surface area contributed by atoms with Crippen molar-refractivity contribution in [1.82, 2.24) is 9.97 Å². The molecular formula is C17H20F2N4O2. The lowest BCUT2D eigenvalue weighted by atomic mass is 10.2. The highest BCUT2D eigenvalue weighted by Gasteiger charge is 2.26. The summed E-state index contributed by atoms with van der Waals surface area (Å²) < 4.78 is 28.7. The average Bonchev–Trinajstić information content (AvgIpc) is 3.41. The molecule has 1 aromatic carbocycles.